The lowest BCUT2D eigenvalue weighted by atomic mass is 10.0. The molecule has 3 heteroatoms. The van der Waals surface area contributed by atoms with Gasteiger partial charge < -0.3 is 15.1 Å². The van der Waals surface area contributed by atoms with Crippen LogP contribution in [0.1, 0.15) is 24.8 Å². The molecule has 0 saturated carbocycles. The molecule has 1 aromatic rings. The van der Waals surface area contributed by atoms with Crippen molar-refractivity contribution in [2.75, 3.05) is 38.1 Å². The SMILES string of the molecule is Cc1ccc(N2CCC(N[C@H]3CCN(C)C3)CC2)cc1. The summed E-state index contributed by atoms with van der Waals surface area (Å²) >= 11 is 0. The Morgan fingerprint density at radius 2 is 1.60 bits per heavy atom. The number of benzene rings is 1. The second-order valence-corrected chi connectivity index (χ2v) is 6.51. The number of nitrogens with one attached hydrogen (secondary N) is 1. The average Bonchev–Trinajstić information content (AvgIpc) is 2.86. The van der Waals surface area contributed by atoms with Gasteiger partial charge in [0.1, 0.15) is 0 Å². The molecule has 1 atom stereocenters. The summed E-state index contributed by atoms with van der Waals surface area (Å²) in [7, 11) is 2.22. The second kappa shape index (κ2) is 6.15. The molecule has 2 fully saturated rings. The van der Waals surface area contributed by atoms with E-state index in [1.54, 1.807) is 0 Å². The van der Waals surface area contributed by atoms with Crippen LogP contribution in [0.3, 0.4) is 0 Å². The molecule has 0 bridgehead atoms. The van der Waals surface area contributed by atoms with Crippen LogP contribution < -0.4 is 10.2 Å². The van der Waals surface area contributed by atoms with Gasteiger partial charge in [0.15, 0.2) is 0 Å². The zero-order chi connectivity index (χ0) is 13.9. The lowest BCUT2D eigenvalue weighted by Crippen LogP contribution is -2.46. The van der Waals surface area contributed by atoms with Crippen LogP contribution in [0.5, 0.6) is 0 Å². The molecule has 1 N–H and O–H groups in total. The van der Waals surface area contributed by atoms with E-state index < -0.39 is 0 Å². The molecule has 3 rings (SSSR count). The molecular formula is C17H27N3. The smallest absolute Gasteiger partial charge is 0.0366 e. The minimum Gasteiger partial charge on any atom is -0.371 e. The summed E-state index contributed by atoms with van der Waals surface area (Å²) in [5, 5.41) is 3.86. The average molecular weight is 273 g/mol. The summed E-state index contributed by atoms with van der Waals surface area (Å²) in [5.41, 5.74) is 2.73. The predicted molar refractivity (Wildman–Crippen MR) is 85.5 cm³/mol. The van der Waals surface area contributed by atoms with E-state index in [-0.39, 0.29) is 0 Å². The quantitative estimate of drug-likeness (QED) is 0.911. The van der Waals surface area contributed by atoms with E-state index in [1.807, 2.05) is 0 Å². The fourth-order valence-corrected chi connectivity index (χ4v) is 3.46. The van der Waals surface area contributed by atoms with Gasteiger partial charge in [0.05, 0.1) is 0 Å². The molecule has 3 nitrogen and oxygen atoms in total. The van der Waals surface area contributed by atoms with Gasteiger partial charge >= 0.3 is 0 Å². The van der Waals surface area contributed by atoms with Crippen LogP contribution >= 0.6 is 0 Å². The molecule has 0 spiro atoms. The van der Waals surface area contributed by atoms with Crippen molar-refractivity contribution >= 4 is 5.69 Å². The Morgan fingerprint density at radius 3 is 2.20 bits per heavy atom. The van der Waals surface area contributed by atoms with Crippen LogP contribution in [0.4, 0.5) is 5.69 Å². The van der Waals surface area contributed by atoms with E-state index in [4.69, 9.17) is 0 Å². The van der Waals surface area contributed by atoms with Crippen LogP contribution in [0.25, 0.3) is 0 Å². The van der Waals surface area contributed by atoms with E-state index in [9.17, 15) is 0 Å². The molecule has 20 heavy (non-hydrogen) atoms. The van der Waals surface area contributed by atoms with Crippen molar-refractivity contribution in [2.45, 2.75) is 38.3 Å². The number of piperidine rings is 1. The van der Waals surface area contributed by atoms with Crippen LogP contribution in [0.15, 0.2) is 24.3 Å². The van der Waals surface area contributed by atoms with Gasteiger partial charge in [-0.2, -0.15) is 0 Å². The Morgan fingerprint density at radius 1 is 0.950 bits per heavy atom. The minimum atomic E-state index is 0.716. The number of nitrogens with zero attached hydrogens (tertiary/aromatic N) is 2. The number of likely N-dealkylation sites (tertiary alicyclic amines) is 1. The lowest BCUT2D eigenvalue weighted by molar-refractivity contribution is 0.350. The van der Waals surface area contributed by atoms with Crippen LogP contribution in [-0.2, 0) is 0 Å². The fourth-order valence-electron chi connectivity index (χ4n) is 3.46. The van der Waals surface area contributed by atoms with Crippen LogP contribution in [-0.4, -0.2) is 50.2 Å². The molecule has 0 amide bonds. The third-order valence-corrected chi connectivity index (χ3v) is 4.76. The Hall–Kier alpha value is -1.06. The molecule has 2 heterocycles. The highest BCUT2D eigenvalue weighted by Crippen LogP contribution is 2.21. The molecule has 0 aliphatic carbocycles. The van der Waals surface area contributed by atoms with Gasteiger partial charge in [-0.05, 0) is 51.9 Å². The Bertz CT molecular complexity index is 420. The van der Waals surface area contributed by atoms with E-state index in [2.05, 4.69) is 53.4 Å². The third-order valence-electron chi connectivity index (χ3n) is 4.76. The van der Waals surface area contributed by atoms with Gasteiger partial charge in [-0.1, -0.05) is 17.7 Å². The summed E-state index contributed by atoms with van der Waals surface area (Å²) < 4.78 is 0. The molecule has 2 aliphatic rings. The van der Waals surface area contributed by atoms with Gasteiger partial charge in [-0.25, -0.2) is 0 Å². The Labute approximate surface area is 123 Å². The zero-order valence-corrected chi connectivity index (χ0v) is 12.8. The molecule has 110 valence electrons. The monoisotopic (exact) mass is 273 g/mol. The summed E-state index contributed by atoms with van der Waals surface area (Å²) in [5.74, 6) is 0. The number of aryl methyl sites for hydroxylation is 1. The van der Waals surface area contributed by atoms with Gasteiger partial charge in [0, 0.05) is 37.4 Å². The van der Waals surface area contributed by atoms with E-state index in [1.165, 1.54) is 56.7 Å². The molecule has 1 aromatic carbocycles. The zero-order valence-electron chi connectivity index (χ0n) is 12.8. The standard InChI is InChI=1S/C17H27N3/c1-14-3-5-17(6-4-14)20-11-8-15(9-12-20)18-16-7-10-19(2)13-16/h3-6,15-16,18H,7-13H2,1-2H3/t16-/m0/s1. The molecule has 0 unspecified atom stereocenters. The number of hydrogen-bond donors (Lipinski definition) is 1. The fraction of sp³-hybridized carbons (Fsp3) is 0.647. The summed E-state index contributed by atoms with van der Waals surface area (Å²) in [6.07, 6.45) is 3.86. The first kappa shape index (κ1) is 13.9. The van der Waals surface area contributed by atoms with Crippen molar-refractivity contribution in [2.24, 2.45) is 0 Å². The van der Waals surface area contributed by atoms with Crippen molar-refractivity contribution in [1.82, 2.24) is 10.2 Å². The molecule has 0 aromatic heterocycles. The van der Waals surface area contributed by atoms with Crippen molar-refractivity contribution in [3.8, 4) is 0 Å². The highest BCUT2D eigenvalue weighted by molar-refractivity contribution is 5.47. The Balaban J connectivity index is 1.48. The number of rotatable bonds is 3. The van der Waals surface area contributed by atoms with Crippen molar-refractivity contribution in [3.05, 3.63) is 29.8 Å². The molecular weight excluding hydrogens is 246 g/mol. The molecule has 2 aliphatic heterocycles. The van der Waals surface area contributed by atoms with Gasteiger partial charge in [-0.15, -0.1) is 0 Å². The van der Waals surface area contributed by atoms with Crippen LogP contribution in [0.2, 0.25) is 0 Å². The topological polar surface area (TPSA) is 18.5 Å². The van der Waals surface area contributed by atoms with Gasteiger partial charge in [0.25, 0.3) is 0 Å². The first-order valence-corrected chi connectivity index (χ1v) is 7.97. The number of hydrogen-bond acceptors (Lipinski definition) is 3. The lowest BCUT2D eigenvalue weighted by Gasteiger charge is -2.35. The largest absolute Gasteiger partial charge is 0.371 e. The molecule has 0 radical (unpaired) electrons. The van der Waals surface area contributed by atoms with Crippen molar-refractivity contribution in [1.29, 1.82) is 0 Å². The molecule has 2 saturated heterocycles. The van der Waals surface area contributed by atoms with Crippen molar-refractivity contribution < 1.29 is 0 Å². The maximum Gasteiger partial charge on any atom is 0.0366 e. The summed E-state index contributed by atoms with van der Waals surface area (Å²) in [4.78, 5) is 4.96. The minimum absolute atomic E-state index is 0.716. The third kappa shape index (κ3) is 3.33. The summed E-state index contributed by atoms with van der Waals surface area (Å²) in [6, 6.07) is 10.4. The van der Waals surface area contributed by atoms with E-state index in [0.717, 1.165) is 6.04 Å². The van der Waals surface area contributed by atoms with Crippen molar-refractivity contribution in [3.63, 3.8) is 0 Å². The Kier molecular flexibility index (Phi) is 4.27. The summed E-state index contributed by atoms with van der Waals surface area (Å²) in [6.45, 7) is 6.99. The highest BCUT2D eigenvalue weighted by Gasteiger charge is 2.25. The maximum atomic E-state index is 3.86. The van der Waals surface area contributed by atoms with E-state index in [0.29, 0.717) is 6.04 Å². The van der Waals surface area contributed by atoms with Crippen LogP contribution in [0, 0.1) is 6.92 Å². The second-order valence-electron chi connectivity index (χ2n) is 6.51. The normalized spacial score (nSPS) is 25.3. The predicted octanol–water partition coefficient (Wildman–Crippen LogP) is 2.26. The number of likely N-dealkylation sites (N-methyl/N-ethyl adjacent to an activating group) is 1. The number of anilines is 1. The maximum absolute atomic E-state index is 3.86. The first-order valence-electron chi connectivity index (χ1n) is 7.97. The van der Waals surface area contributed by atoms with Gasteiger partial charge in [-0.3, -0.25) is 0 Å². The van der Waals surface area contributed by atoms with Gasteiger partial charge in [0.2, 0.25) is 0 Å². The first-order chi connectivity index (χ1) is 9.70. The highest BCUT2D eigenvalue weighted by atomic mass is 15.2. The van der Waals surface area contributed by atoms with E-state index >= 15 is 0 Å².